The van der Waals surface area contributed by atoms with Crippen molar-refractivity contribution >= 4 is 22.6 Å². The molecule has 0 spiro atoms. The molecule has 0 saturated carbocycles. The Labute approximate surface area is 149 Å². The smallest absolute Gasteiger partial charge is 0.237 e. The summed E-state index contributed by atoms with van der Waals surface area (Å²) in [6.07, 6.45) is 4.03. The number of hydrogen-bond donors (Lipinski definition) is 2. The van der Waals surface area contributed by atoms with Crippen molar-refractivity contribution in [2.45, 2.75) is 46.1 Å². The summed E-state index contributed by atoms with van der Waals surface area (Å²) in [5.74, 6) is 0.182. The Bertz CT molecular complexity index is 736. The molecule has 1 amide bonds. The lowest BCUT2D eigenvalue weighted by Gasteiger charge is -2.25. The van der Waals surface area contributed by atoms with Crippen molar-refractivity contribution < 1.29 is 9.59 Å². The Kier molecular flexibility index (Phi) is 6.76. The summed E-state index contributed by atoms with van der Waals surface area (Å²) in [6.45, 7) is 6.91. The van der Waals surface area contributed by atoms with Gasteiger partial charge in [-0.1, -0.05) is 19.1 Å². The Balaban J connectivity index is 1.91. The number of ketones is 1. The molecule has 2 aromatic rings. The maximum Gasteiger partial charge on any atom is 0.237 e. The first-order valence-electron chi connectivity index (χ1n) is 8.97. The third-order valence-corrected chi connectivity index (χ3v) is 4.73. The molecule has 5 nitrogen and oxygen atoms in total. The van der Waals surface area contributed by atoms with Gasteiger partial charge >= 0.3 is 0 Å². The van der Waals surface area contributed by atoms with Gasteiger partial charge in [-0.2, -0.15) is 0 Å². The van der Waals surface area contributed by atoms with E-state index in [9.17, 15) is 9.59 Å². The van der Waals surface area contributed by atoms with Gasteiger partial charge in [-0.15, -0.1) is 0 Å². The average molecular weight is 343 g/mol. The molecule has 0 bridgehead atoms. The largest absolute Gasteiger partial charge is 0.361 e. The number of Topliss-reactive ketones (excluding diaryl/α,β-unsaturated/α-hetero) is 1. The van der Waals surface area contributed by atoms with Gasteiger partial charge in [0.25, 0.3) is 0 Å². The molecule has 2 rings (SSSR count). The molecule has 1 unspecified atom stereocenters. The molecule has 1 aromatic heterocycles. The number of benzene rings is 1. The van der Waals surface area contributed by atoms with Crippen LogP contribution in [-0.2, 0) is 16.0 Å². The number of nitrogens with one attached hydrogen (secondary N) is 2. The normalized spacial score (nSPS) is 12.5. The molecule has 0 radical (unpaired) electrons. The number of aromatic amines is 1. The van der Waals surface area contributed by atoms with Gasteiger partial charge < -0.3 is 10.3 Å². The monoisotopic (exact) mass is 343 g/mol. The quantitative estimate of drug-likeness (QED) is 0.736. The average Bonchev–Trinajstić information content (AvgIpc) is 2.98. The summed E-state index contributed by atoms with van der Waals surface area (Å²) in [5, 5.41) is 4.30. The molecule has 0 aliphatic rings. The number of amides is 1. The van der Waals surface area contributed by atoms with Gasteiger partial charge in [-0.25, -0.2) is 0 Å². The van der Waals surface area contributed by atoms with E-state index in [1.807, 2.05) is 31.1 Å². The highest BCUT2D eigenvalue weighted by atomic mass is 16.2. The SMILES string of the molecule is CCC(C(=O)NCCc1c[nH]c2cccc(C)c12)N(C)CCC(C)=O. The molecule has 0 fully saturated rings. The van der Waals surface area contributed by atoms with Gasteiger partial charge in [0.15, 0.2) is 0 Å². The number of aryl methyl sites for hydroxylation is 1. The molecule has 1 atom stereocenters. The van der Waals surface area contributed by atoms with Crippen LogP contribution in [0.4, 0.5) is 0 Å². The predicted molar refractivity (Wildman–Crippen MR) is 102 cm³/mol. The highest BCUT2D eigenvalue weighted by Gasteiger charge is 2.21. The van der Waals surface area contributed by atoms with Gasteiger partial charge in [0.05, 0.1) is 6.04 Å². The van der Waals surface area contributed by atoms with Crippen LogP contribution in [0.3, 0.4) is 0 Å². The topological polar surface area (TPSA) is 65.2 Å². The van der Waals surface area contributed by atoms with Crippen LogP contribution in [0.2, 0.25) is 0 Å². The number of carbonyl (C=O) groups excluding carboxylic acids is 2. The lowest BCUT2D eigenvalue weighted by Crippen LogP contribution is -2.45. The van der Waals surface area contributed by atoms with E-state index < -0.39 is 0 Å². The number of H-pyrrole nitrogens is 1. The van der Waals surface area contributed by atoms with Crippen LogP contribution in [0.15, 0.2) is 24.4 Å². The van der Waals surface area contributed by atoms with Crippen molar-refractivity contribution in [1.82, 2.24) is 15.2 Å². The van der Waals surface area contributed by atoms with E-state index in [2.05, 4.69) is 29.4 Å². The maximum atomic E-state index is 12.5. The Hall–Kier alpha value is -2.14. The number of hydrogen-bond acceptors (Lipinski definition) is 3. The molecule has 0 aliphatic heterocycles. The molecular formula is C20H29N3O2. The van der Waals surface area contributed by atoms with E-state index >= 15 is 0 Å². The summed E-state index contributed by atoms with van der Waals surface area (Å²) in [5.41, 5.74) is 3.61. The maximum absolute atomic E-state index is 12.5. The van der Waals surface area contributed by atoms with E-state index in [1.54, 1.807) is 6.92 Å². The first kappa shape index (κ1) is 19.2. The van der Waals surface area contributed by atoms with Crippen molar-refractivity contribution in [1.29, 1.82) is 0 Å². The standard InChI is InChI=1S/C20H29N3O2/c1-5-18(23(4)12-10-15(3)24)20(25)21-11-9-16-13-22-17-8-6-7-14(2)19(16)17/h6-8,13,18,22H,5,9-12H2,1-4H3,(H,21,25). The first-order chi connectivity index (χ1) is 11.9. The lowest BCUT2D eigenvalue weighted by atomic mass is 10.1. The van der Waals surface area contributed by atoms with E-state index in [0.29, 0.717) is 19.5 Å². The fourth-order valence-electron chi connectivity index (χ4n) is 3.27. The van der Waals surface area contributed by atoms with Crippen LogP contribution in [-0.4, -0.2) is 47.8 Å². The van der Waals surface area contributed by atoms with Crippen LogP contribution >= 0.6 is 0 Å². The molecule has 1 aromatic carbocycles. The van der Waals surface area contributed by atoms with E-state index in [1.165, 1.54) is 16.5 Å². The van der Waals surface area contributed by atoms with Crippen molar-refractivity contribution in [3.63, 3.8) is 0 Å². The van der Waals surface area contributed by atoms with Gasteiger partial charge in [0.1, 0.15) is 5.78 Å². The number of likely N-dealkylation sites (N-methyl/N-ethyl adjacent to an activating group) is 1. The molecule has 2 N–H and O–H groups in total. The van der Waals surface area contributed by atoms with E-state index in [-0.39, 0.29) is 17.7 Å². The Morgan fingerprint density at radius 3 is 2.76 bits per heavy atom. The van der Waals surface area contributed by atoms with Crippen LogP contribution in [0.25, 0.3) is 10.9 Å². The summed E-state index contributed by atoms with van der Waals surface area (Å²) < 4.78 is 0. The fraction of sp³-hybridized carbons (Fsp3) is 0.500. The van der Waals surface area contributed by atoms with Crippen molar-refractivity contribution in [2.75, 3.05) is 20.1 Å². The summed E-state index contributed by atoms with van der Waals surface area (Å²) >= 11 is 0. The van der Waals surface area contributed by atoms with Crippen molar-refractivity contribution in [2.24, 2.45) is 0 Å². The second kappa shape index (κ2) is 8.81. The van der Waals surface area contributed by atoms with E-state index in [4.69, 9.17) is 0 Å². The third-order valence-electron chi connectivity index (χ3n) is 4.73. The highest BCUT2D eigenvalue weighted by molar-refractivity contribution is 5.86. The number of nitrogens with zero attached hydrogens (tertiary/aromatic N) is 1. The number of aromatic nitrogens is 1. The van der Waals surface area contributed by atoms with Crippen molar-refractivity contribution in [3.8, 4) is 0 Å². The fourth-order valence-corrected chi connectivity index (χ4v) is 3.27. The summed E-state index contributed by atoms with van der Waals surface area (Å²) in [7, 11) is 1.90. The molecule has 1 heterocycles. The minimum Gasteiger partial charge on any atom is -0.361 e. The second-order valence-corrected chi connectivity index (χ2v) is 6.71. The molecular weight excluding hydrogens is 314 g/mol. The zero-order valence-corrected chi connectivity index (χ0v) is 15.7. The van der Waals surface area contributed by atoms with Gasteiger partial charge in [-0.3, -0.25) is 14.5 Å². The molecule has 0 saturated heterocycles. The molecule has 5 heteroatoms. The Morgan fingerprint density at radius 2 is 2.08 bits per heavy atom. The number of rotatable bonds is 9. The van der Waals surface area contributed by atoms with Gasteiger partial charge in [0, 0.05) is 36.6 Å². The van der Waals surface area contributed by atoms with Crippen LogP contribution in [0.1, 0.15) is 37.8 Å². The summed E-state index contributed by atoms with van der Waals surface area (Å²) in [4.78, 5) is 28.9. The number of carbonyl (C=O) groups is 2. The molecule has 0 aliphatic carbocycles. The Morgan fingerprint density at radius 1 is 1.32 bits per heavy atom. The van der Waals surface area contributed by atoms with Gasteiger partial charge in [0.2, 0.25) is 5.91 Å². The zero-order chi connectivity index (χ0) is 18.4. The second-order valence-electron chi connectivity index (χ2n) is 6.71. The number of fused-ring (bicyclic) bond motifs is 1. The van der Waals surface area contributed by atoms with Gasteiger partial charge in [-0.05, 0) is 50.9 Å². The third kappa shape index (κ3) is 4.92. The minimum atomic E-state index is -0.191. The summed E-state index contributed by atoms with van der Waals surface area (Å²) in [6, 6.07) is 6.03. The van der Waals surface area contributed by atoms with Crippen molar-refractivity contribution in [3.05, 3.63) is 35.5 Å². The van der Waals surface area contributed by atoms with Crippen LogP contribution in [0, 0.1) is 6.92 Å². The van der Waals surface area contributed by atoms with Crippen LogP contribution < -0.4 is 5.32 Å². The highest BCUT2D eigenvalue weighted by Crippen LogP contribution is 2.22. The lowest BCUT2D eigenvalue weighted by molar-refractivity contribution is -0.126. The molecule has 136 valence electrons. The van der Waals surface area contributed by atoms with E-state index in [0.717, 1.165) is 18.4 Å². The predicted octanol–water partition coefficient (Wildman–Crippen LogP) is 2.82. The first-order valence-corrected chi connectivity index (χ1v) is 8.97. The minimum absolute atomic E-state index is 0.0325. The molecule has 25 heavy (non-hydrogen) atoms. The van der Waals surface area contributed by atoms with Crippen LogP contribution in [0.5, 0.6) is 0 Å². The zero-order valence-electron chi connectivity index (χ0n) is 15.7.